The third kappa shape index (κ3) is 1.32. The number of aromatic nitrogens is 2. The Bertz CT molecular complexity index is 386. The topological polar surface area (TPSA) is 38.1 Å². The first-order chi connectivity index (χ1) is 6.61. The van der Waals surface area contributed by atoms with Gasteiger partial charge in [-0.3, -0.25) is 4.79 Å². The molecular formula is C9H13N3OS. The standard InChI is InChI=1S/C9H13N3OS/c1-6-9(11(3)7(2)13)12-5-14-4-8(12)10-6/h4-5H2,1-3H3. The molecular weight excluding hydrogens is 198 g/mol. The van der Waals surface area contributed by atoms with Crippen LogP contribution in [0.3, 0.4) is 0 Å². The lowest BCUT2D eigenvalue weighted by Gasteiger charge is -2.16. The molecule has 0 spiro atoms. The van der Waals surface area contributed by atoms with Gasteiger partial charge in [0.1, 0.15) is 11.6 Å². The number of rotatable bonds is 1. The van der Waals surface area contributed by atoms with E-state index in [1.807, 2.05) is 18.7 Å². The van der Waals surface area contributed by atoms with Crippen molar-refractivity contribution in [3.8, 4) is 0 Å². The molecule has 14 heavy (non-hydrogen) atoms. The molecule has 0 atom stereocenters. The van der Waals surface area contributed by atoms with Gasteiger partial charge in [-0.25, -0.2) is 4.98 Å². The fourth-order valence-electron chi connectivity index (χ4n) is 1.67. The van der Waals surface area contributed by atoms with E-state index in [9.17, 15) is 4.79 Å². The Labute approximate surface area is 87.3 Å². The van der Waals surface area contributed by atoms with E-state index in [0.29, 0.717) is 0 Å². The Balaban J connectivity index is 2.46. The largest absolute Gasteiger partial charge is 0.304 e. The van der Waals surface area contributed by atoms with Gasteiger partial charge in [0.2, 0.25) is 5.91 Å². The maximum absolute atomic E-state index is 11.3. The van der Waals surface area contributed by atoms with Crippen LogP contribution in [0.25, 0.3) is 0 Å². The Morgan fingerprint density at radius 2 is 2.36 bits per heavy atom. The molecule has 1 aliphatic rings. The van der Waals surface area contributed by atoms with Gasteiger partial charge in [-0.05, 0) is 6.92 Å². The monoisotopic (exact) mass is 211 g/mol. The van der Waals surface area contributed by atoms with Crippen molar-refractivity contribution < 1.29 is 4.79 Å². The summed E-state index contributed by atoms with van der Waals surface area (Å²) in [5.74, 6) is 3.93. The third-order valence-electron chi connectivity index (χ3n) is 2.43. The normalized spacial score (nSPS) is 14.2. The van der Waals surface area contributed by atoms with Crippen molar-refractivity contribution in [3.05, 3.63) is 11.5 Å². The maximum atomic E-state index is 11.3. The number of anilines is 1. The lowest BCUT2D eigenvalue weighted by molar-refractivity contribution is -0.116. The Hall–Kier alpha value is -0.970. The second-order valence-corrected chi connectivity index (χ2v) is 4.38. The summed E-state index contributed by atoms with van der Waals surface area (Å²) in [5.41, 5.74) is 0.943. The minimum Gasteiger partial charge on any atom is -0.304 e. The summed E-state index contributed by atoms with van der Waals surface area (Å²) in [6.07, 6.45) is 0. The second kappa shape index (κ2) is 3.31. The summed E-state index contributed by atoms with van der Waals surface area (Å²) in [5, 5.41) is 0. The highest BCUT2D eigenvalue weighted by atomic mass is 32.2. The van der Waals surface area contributed by atoms with Crippen LogP contribution in [0, 0.1) is 6.92 Å². The van der Waals surface area contributed by atoms with Crippen molar-refractivity contribution in [3.63, 3.8) is 0 Å². The first-order valence-corrected chi connectivity index (χ1v) is 5.64. The summed E-state index contributed by atoms with van der Waals surface area (Å²) in [7, 11) is 1.79. The molecule has 0 aromatic carbocycles. The lowest BCUT2D eigenvalue weighted by atomic mass is 10.4. The lowest BCUT2D eigenvalue weighted by Crippen LogP contribution is -2.25. The number of carbonyl (C=O) groups is 1. The van der Waals surface area contributed by atoms with Crippen LogP contribution in [0.5, 0.6) is 0 Å². The molecule has 1 aromatic heterocycles. The number of amides is 1. The van der Waals surface area contributed by atoms with Crippen LogP contribution in [-0.4, -0.2) is 22.5 Å². The average Bonchev–Trinajstić information content (AvgIpc) is 2.62. The summed E-state index contributed by atoms with van der Waals surface area (Å²) >= 11 is 1.82. The highest BCUT2D eigenvalue weighted by Gasteiger charge is 2.22. The zero-order valence-corrected chi connectivity index (χ0v) is 9.39. The molecule has 0 N–H and O–H groups in total. The van der Waals surface area contributed by atoms with Gasteiger partial charge >= 0.3 is 0 Å². The van der Waals surface area contributed by atoms with Crippen LogP contribution < -0.4 is 4.90 Å². The molecule has 0 saturated heterocycles. The number of imidazole rings is 1. The van der Waals surface area contributed by atoms with Crippen molar-refractivity contribution in [2.75, 3.05) is 11.9 Å². The fourth-order valence-corrected chi connectivity index (χ4v) is 2.62. The molecule has 2 rings (SSSR count). The minimum atomic E-state index is 0.0488. The van der Waals surface area contributed by atoms with Gasteiger partial charge < -0.3 is 9.47 Å². The van der Waals surface area contributed by atoms with Crippen molar-refractivity contribution in [2.45, 2.75) is 25.5 Å². The van der Waals surface area contributed by atoms with E-state index in [1.54, 1.807) is 18.9 Å². The van der Waals surface area contributed by atoms with Crippen molar-refractivity contribution in [1.29, 1.82) is 0 Å². The number of carbonyl (C=O) groups excluding carboxylic acids is 1. The maximum Gasteiger partial charge on any atom is 0.224 e. The van der Waals surface area contributed by atoms with Gasteiger partial charge in [0.25, 0.3) is 0 Å². The number of hydrogen-bond acceptors (Lipinski definition) is 3. The molecule has 0 aliphatic carbocycles. The molecule has 5 heteroatoms. The first-order valence-electron chi connectivity index (χ1n) is 4.49. The molecule has 2 heterocycles. The smallest absolute Gasteiger partial charge is 0.224 e. The van der Waals surface area contributed by atoms with Crippen molar-refractivity contribution >= 4 is 23.5 Å². The summed E-state index contributed by atoms with van der Waals surface area (Å²) in [6, 6.07) is 0. The summed E-state index contributed by atoms with van der Waals surface area (Å²) in [4.78, 5) is 17.4. The molecule has 0 fully saturated rings. The fraction of sp³-hybridized carbons (Fsp3) is 0.556. The predicted octanol–water partition coefficient (Wildman–Crippen LogP) is 1.38. The zero-order chi connectivity index (χ0) is 10.3. The molecule has 0 bridgehead atoms. The Morgan fingerprint density at radius 1 is 1.64 bits per heavy atom. The molecule has 1 aliphatic heterocycles. The van der Waals surface area contributed by atoms with E-state index in [1.165, 1.54) is 0 Å². The Kier molecular flexibility index (Phi) is 2.26. The predicted molar refractivity (Wildman–Crippen MR) is 57.3 cm³/mol. The SMILES string of the molecule is CC(=O)N(C)c1c(C)nc2n1CSC2. The quantitative estimate of drug-likeness (QED) is 0.704. The molecule has 0 unspecified atom stereocenters. The molecule has 0 saturated carbocycles. The number of nitrogens with zero attached hydrogens (tertiary/aromatic N) is 3. The number of aryl methyl sites for hydroxylation is 1. The number of thioether (sulfide) groups is 1. The van der Waals surface area contributed by atoms with E-state index >= 15 is 0 Å². The summed E-state index contributed by atoms with van der Waals surface area (Å²) < 4.78 is 2.11. The summed E-state index contributed by atoms with van der Waals surface area (Å²) in [6.45, 7) is 3.52. The highest BCUT2D eigenvalue weighted by Crippen LogP contribution is 2.31. The van der Waals surface area contributed by atoms with Crippen molar-refractivity contribution in [2.24, 2.45) is 0 Å². The van der Waals surface area contributed by atoms with Crippen LogP contribution in [-0.2, 0) is 16.4 Å². The second-order valence-electron chi connectivity index (χ2n) is 3.42. The van der Waals surface area contributed by atoms with E-state index in [0.717, 1.165) is 29.0 Å². The van der Waals surface area contributed by atoms with Crippen LogP contribution in [0.2, 0.25) is 0 Å². The third-order valence-corrected chi connectivity index (χ3v) is 3.33. The van der Waals surface area contributed by atoms with Crippen LogP contribution >= 0.6 is 11.8 Å². The number of hydrogen-bond donors (Lipinski definition) is 0. The van der Waals surface area contributed by atoms with Gasteiger partial charge in [-0.1, -0.05) is 0 Å². The number of fused-ring (bicyclic) bond motifs is 1. The van der Waals surface area contributed by atoms with Gasteiger partial charge in [0.05, 0.1) is 17.3 Å². The van der Waals surface area contributed by atoms with Gasteiger partial charge in [-0.15, -0.1) is 11.8 Å². The minimum absolute atomic E-state index is 0.0488. The zero-order valence-electron chi connectivity index (χ0n) is 8.57. The Morgan fingerprint density at radius 3 is 3.00 bits per heavy atom. The molecule has 1 amide bonds. The molecule has 0 radical (unpaired) electrons. The first kappa shape index (κ1) is 9.58. The van der Waals surface area contributed by atoms with Gasteiger partial charge in [0, 0.05) is 14.0 Å². The van der Waals surface area contributed by atoms with E-state index < -0.39 is 0 Å². The van der Waals surface area contributed by atoms with Crippen LogP contribution in [0.4, 0.5) is 5.82 Å². The highest BCUT2D eigenvalue weighted by molar-refractivity contribution is 7.97. The van der Waals surface area contributed by atoms with Gasteiger partial charge in [0.15, 0.2) is 0 Å². The molecule has 76 valence electrons. The van der Waals surface area contributed by atoms with E-state index in [2.05, 4.69) is 9.55 Å². The van der Waals surface area contributed by atoms with E-state index in [4.69, 9.17) is 0 Å². The van der Waals surface area contributed by atoms with Crippen molar-refractivity contribution in [1.82, 2.24) is 9.55 Å². The molecule has 4 nitrogen and oxygen atoms in total. The molecule has 1 aromatic rings. The van der Waals surface area contributed by atoms with Crippen LogP contribution in [0.1, 0.15) is 18.4 Å². The van der Waals surface area contributed by atoms with Gasteiger partial charge in [-0.2, -0.15) is 0 Å². The van der Waals surface area contributed by atoms with E-state index in [-0.39, 0.29) is 5.91 Å². The average molecular weight is 211 g/mol. The van der Waals surface area contributed by atoms with Crippen LogP contribution in [0.15, 0.2) is 0 Å².